The minimum Gasteiger partial charge on any atom is -0.339 e. The van der Waals surface area contributed by atoms with Gasteiger partial charge in [0.05, 0.1) is 23.2 Å². The molecule has 0 spiro atoms. The molecule has 1 heterocycles. The number of rotatable bonds is 5. The van der Waals surface area contributed by atoms with Gasteiger partial charge in [0.1, 0.15) is 6.07 Å². The van der Waals surface area contributed by atoms with Crippen molar-refractivity contribution in [3.63, 3.8) is 0 Å². The second kappa shape index (κ2) is 9.29. The molecule has 0 unspecified atom stereocenters. The van der Waals surface area contributed by atoms with E-state index in [1.54, 1.807) is 18.2 Å². The van der Waals surface area contributed by atoms with Crippen molar-refractivity contribution in [3.05, 3.63) is 64.7 Å². The van der Waals surface area contributed by atoms with Gasteiger partial charge in [-0.3, -0.25) is 14.5 Å². The summed E-state index contributed by atoms with van der Waals surface area (Å²) in [6, 6.07) is 16.6. The van der Waals surface area contributed by atoms with Crippen LogP contribution in [0.5, 0.6) is 0 Å². The smallest absolute Gasteiger partial charge is 0.238 e. The Bertz CT molecular complexity index is 961. The van der Waals surface area contributed by atoms with E-state index in [4.69, 9.17) is 11.6 Å². The van der Waals surface area contributed by atoms with Gasteiger partial charge in [0.2, 0.25) is 11.8 Å². The number of amides is 2. The summed E-state index contributed by atoms with van der Waals surface area (Å²) in [4.78, 5) is 29.4. The molecular formula is C23H25ClN4O2. The second-order valence-corrected chi connectivity index (χ2v) is 8.35. The van der Waals surface area contributed by atoms with Crippen LogP contribution in [0.15, 0.2) is 48.5 Å². The van der Waals surface area contributed by atoms with Gasteiger partial charge in [0.25, 0.3) is 0 Å². The monoisotopic (exact) mass is 424 g/mol. The number of nitriles is 1. The zero-order valence-electron chi connectivity index (χ0n) is 17.2. The van der Waals surface area contributed by atoms with E-state index in [0.29, 0.717) is 42.5 Å². The van der Waals surface area contributed by atoms with Gasteiger partial charge >= 0.3 is 0 Å². The van der Waals surface area contributed by atoms with Gasteiger partial charge < -0.3 is 10.2 Å². The van der Waals surface area contributed by atoms with Crippen LogP contribution in [-0.2, 0) is 15.0 Å². The zero-order chi connectivity index (χ0) is 21.7. The average Bonchev–Trinajstić information content (AvgIpc) is 2.74. The molecule has 0 bridgehead atoms. The van der Waals surface area contributed by atoms with Crippen molar-refractivity contribution in [3.8, 4) is 6.07 Å². The highest BCUT2D eigenvalue weighted by Crippen LogP contribution is 2.26. The summed E-state index contributed by atoms with van der Waals surface area (Å²) >= 11 is 5.97. The Hall–Kier alpha value is -2.88. The third-order valence-corrected chi connectivity index (χ3v) is 5.67. The molecule has 1 N–H and O–H groups in total. The van der Waals surface area contributed by atoms with Crippen LogP contribution >= 0.6 is 11.6 Å². The van der Waals surface area contributed by atoms with Crippen LogP contribution in [0.4, 0.5) is 5.69 Å². The number of carbonyl (C=O) groups excluding carboxylic acids is 2. The van der Waals surface area contributed by atoms with Crippen LogP contribution in [0.1, 0.15) is 25.0 Å². The van der Waals surface area contributed by atoms with E-state index in [1.807, 2.05) is 60.0 Å². The van der Waals surface area contributed by atoms with E-state index in [0.717, 1.165) is 5.56 Å². The van der Waals surface area contributed by atoms with Crippen molar-refractivity contribution in [2.24, 2.45) is 0 Å². The zero-order valence-corrected chi connectivity index (χ0v) is 17.9. The van der Waals surface area contributed by atoms with E-state index >= 15 is 0 Å². The predicted octanol–water partition coefficient (Wildman–Crippen LogP) is 3.27. The molecule has 1 saturated heterocycles. The van der Waals surface area contributed by atoms with Crippen LogP contribution in [0.2, 0.25) is 5.02 Å². The fourth-order valence-corrected chi connectivity index (χ4v) is 3.76. The number of nitrogens with one attached hydrogen (secondary N) is 1. The molecule has 0 aromatic heterocycles. The Morgan fingerprint density at radius 2 is 1.77 bits per heavy atom. The van der Waals surface area contributed by atoms with Crippen molar-refractivity contribution < 1.29 is 9.59 Å². The molecule has 156 valence electrons. The largest absolute Gasteiger partial charge is 0.339 e. The molecule has 0 aliphatic carbocycles. The molecule has 2 aromatic rings. The van der Waals surface area contributed by atoms with Crippen LogP contribution in [0, 0.1) is 11.3 Å². The van der Waals surface area contributed by atoms with E-state index < -0.39 is 5.41 Å². The third-order valence-electron chi connectivity index (χ3n) is 5.43. The molecule has 0 saturated carbocycles. The lowest BCUT2D eigenvalue weighted by Gasteiger charge is -2.38. The fourth-order valence-electron chi connectivity index (χ4n) is 3.59. The summed E-state index contributed by atoms with van der Waals surface area (Å²) in [5, 5.41) is 12.4. The van der Waals surface area contributed by atoms with E-state index in [1.165, 1.54) is 0 Å². The minimum atomic E-state index is -0.596. The molecule has 1 aliphatic heterocycles. The molecule has 30 heavy (non-hydrogen) atoms. The Morgan fingerprint density at radius 1 is 1.10 bits per heavy atom. The number of carbonyl (C=O) groups is 2. The number of halogens is 1. The Morgan fingerprint density at radius 3 is 2.40 bits per heavy atom. The highest BCUT2D eigenvalue weighted by molar-refractivity contribution is 6.31. The molecular weight excluding hydrogens is 400 g/mol. The van der Waals surface area contributed by atoms with Crippen molar-refractivity contribution in [1.29, 1.82) is 5.26 Å². The lowest BCUT2D eigenvalue weighted by atomic mass is 9.83. The maximum atomic E-state index is 13.1. The van der Waals surface area contributed by atoms with Crippen molar-refractivity contribution in [2.45, 2.75) is 19.3 Å². The molecule has 0 radical (unpaired) electrons. The summed E-state index contributed by atoms with van der Waals surface area (Å²) in [6.07, 6.45) is 0. The van der Waals surface area contributed by atoms with Gasteiger partial charge in [-0.1, -0.05) is 41.9 Å². The molecule has 2 aromatic carbocycles. The number of benzene rings is 2. The van der Waals surface area contributed by atoms with Crippen molar-refractivity contribution >= 4 is 29.1 Å². The second-order valence-electron chi connectivity index (χ2n) is 7.91. The summed E-state index contributed by atoms with van der Waals surface area (Å²) in [5.74, 6) is -0.117. The van der Waals surface area contributed by atoms with Gasteiger partial charge in [-0.05, 0) is 37.6 Å². The fraction of sp³-hybridized carbons (Fsp3) is 0.348. The first kappa shape index (κ1) is 21.8. The molecule has 1 fully saturated rings. The van der Waals surface area contributed by atoms with E-state index in [2.05, 4.69) is 5.32 Å². The first-order valence-corrected chi connectivity index (χ1v) is 10.3. The Balaban J connectivity index is 1.55. The highest BCUT2D eigenvalue weighted by Gasteiger charge is 2.35. The Labute approximate surface area is 182 Å². The lowest BCUT2D eigenvalue weighted by Crippen LogP contribution is -2.54. The predicted molar refractivity (Wildman–Crippen MR) is 117 cm³/mol. The summed E-state index contributed by atoms with van der Waals surface area (Å²) < 4.78 is 0. The number of hydrogen-bond donors (Lipinski definition) is 1. The quantitative estimate of drug-likeness (QED) is 0.799. The normalized spacial score (nSPS) is 14.8. The van der Waals surface area contributed by atoms with Gasteiger partial charge in [-0.25, -0.2) is 0 Å². The van der Waals surface area contributed by atoms with Gasteiger partial charge in [-0.2, -0.15) is 5.26 Å². The number of nitrogens with zero attached hydrogens (tertiary/aromatic N) is 3. The lowest BCUT2D eigenvalue weighted by molar-refractivity contribution is -0.138. The van der Waals surface area contributed by atoms with Crippen LogP contribution in [-0.4, -0.2) is 54.3 Å². The number of hydrogen-bond acceptors (Lipinski definition) is 4. The maximum absolute atomic E-state index is 13.1. The summed E-state index contributed by atoms with van der Waals surface area (Å²) in [5.41, 5.74) is 1.17. The molecule has 7 heteroatoms. The molecule has 6 nitrogen and oxygen atoms in total. The van der Waals surface area contributed by atoms with Gasteiger partial charge in [0.15, 0.2) is 0 Å². The highest BCUT2D eigenvalue weighted by atomic mass is 35.5. The Kier molecular flexibility index (Phi) is 6.76. The first-order chi connectivity index (χ1) is 14.3. The minimum absolute atomic E-state index is 0.0930. The maximum Gasteiger partial charge on any atom is 0.238 e. The molecule has 1 aliphatic rings. The van der Waals surface area contributed by atoms with E-state index in [9.17, 15) is 14.9 Å². The number of anilines is 1. The van der Waals surface area contributed by atoms with Crippen molar-refractivity contribution in [2.75, 3.05) is 38.0 Å². The summed E-state index contributed by atoms with van der Waals surface area (Å²) in [6.45, 7) is 6.47. The van der Waals surface area contributed by atoms with Crippen LogP contribution in [0.25, 0.3) is 0 Å². The van der Waals surface area contributed by atoms with Crippen LogP contribution in [0.3, 0.4) is 0 Å². The topological polar surface area (TPSA) is 76.4 Å². The summed E-state index contributed by atoms with van der Waals surface area (Å²) in [7, 11) is 0. The SMILES string of the molecule is CC(C)(C(=O)N1CCN(CC(=O)Nc2cc(Cl)ccc2C#N)CC1)c1ccccc1. The van der Waals surface area contributed by atoms with Crippen LogP contribution < -0.4 is 5.32 Å². The third kappa shape index (κ3) is 4.99. The molecule has 2 amide bonds. The number of piperazine rings is 1. The average molecular weight is 425 g/mol. The van der Waals surface area contributed by atoms with Gasteiger partial charge in [-0.15, -0.1) is 0 Å². The van der Waals surface area contributed by atoms with Gasteiger partial charge in [0, 0.05) is 31.2 Å². The molecule has 3 rings (SSSR count). The standard InChI is InChI=1S/C23H25ClN4O2/c1-23(2,18-6-4-3-5-7-18)22(30)28-12-10-27(11-13-28)16-21(29)26-20-14-19(24)9-8-17(20)15-25/h3-9,14H,10-13,16H2,1-2H3,(H,26,29). The first-order valence-electron chi connectivity index (χ1n) is 9.88. The van der Waals surface area contributed by atoms with Crippen molar-refractivity contribution in [1.82, 2.24) is 9.80 Å². The molecule has 0 atom stereocenters. The van der Waals surface area contributed by atoms with E-state index in [-0.39, 0.29) is 18.4 Å².